The molecule has 1 unspecified atom stereocenters. The molecule has 0 aromatic heterocycles. The van der Waals surface area contributed by atoms with Crippen LogP contribution in [0.3, 0.4) is 0 Å². The molecule has 0 aliphatic carbocycles. The molecule has 94 valence electrons. The summed E-state index contributed by atoms with van der Waals surface area (Å²) in [4.78, 5) is 0. The van der Waals surface area contributed by atoms with Gasteiger partial charge in [0.1, 0.15) is 0 Å². The summed E-state index contributed by atoms with van der Waals surface area (Å²) in [7, 11) is -2.83. The van der Waals surface area contributed by atoms with Gasteiger partial charge in [-0.3, -0.25) is 0 Å². The Morgan fingerprint density at radius 2 is 1.88 bits per heavy atom. The maximum absolute atomic E-state index is 11.3. The van der Waals surface area contributed by atoms with Crippen molar-refractivity contribution in [3.05, 3.63) is 33.8 Å². The molecular formula is C11H13Cl2NO2S. The molecule has 1 fully saturated rings. The van der Waals surface area contributed by atoms with Gasteiger partial charge in [-0.1, -0.05) is 23.2 Å². The first kappa shape index (κ1) is 13.1. The van der Waals surface area contributed by atoms with Gasteiger partial charge in [-0.05, 0) is 30.2 Å². The van der Waals surface area contributed by atoms with E-state index < -0.39 is 9.84 Å². The number of hydrogen-bond acceptors (Lipinski definition) is 3. The third-order valence-electron chi connectivity index (χ3n) is 2.75. The smallest absolute Gasteiger partial charge is 0.151 e. The number of halogens is 2. The minimum atomic E-state index is -2.83. The summed E-state index contributed by atoms with van der Waals surface area (Å²) in [5.74, 6) is 0.502. The lowest BCUT2D eigenvalue weighted by molar-refractivity contribution is 0.554. The standard InChI is InChI=1S/C11H13Cl2NO2S/c12-9-3-8(4-10(13)5-9)6-14-11-1-2-17(15,16)7-11/h3-5,11,14H,1-2,6-7H2. The summed E-state index contributed by atoms with van der Waals surface area (Å²) < 4.78 is 22.6. The Morgan fingerprint density at radius 3 is 2.41 bits per heavy atom. The molecule has 1 aliphatic heterocycles. The van der Waals surface area contributed by atoms with Crippen molar-refractivity contribution in [3.8, 4) is 0 Å². The Morgan fingerprint density at radius 1 is 1.24 bits per heavy atom. The minimum Gasteiger partial charge on any atom is -0.309 e. The zero-order valence-electron chi connectivity index (χ0n) is 9.12. The van der Waals surface area contributed by atoms with Crippen LogP contribution in [0.15, 0.2) is 18.2 Å². The molecule has 1 heterocycles. The van der Waals surface area contributed by atoms with Crippen LogP contribution in [0.2, 0.25) is 10.0 Å². The van der Waals surface area contributed by atoms with E-state index in [-0.39, 0.29) is 17.5 Å². The largest absolute Gasteiger partial charge is 0.309 e. The molecule has 6 heteroatoms. The minimum absolute atomic E-state index is 0.0396. The first-order chi connectivity index (χ1) is 7.94. The third kappa shape index (κ3) is 3.85. The molecule has 2 rings (SSSR count). The Kier molecular flexibility index (Phi) is 3.98. The zero-order valence-corrected chi connectivity index (χ0v) is 11.4. The average Bonchev–Trinajstić information content (AvgIpc) is 2.54. The van der Waals surface area contributed by atoms with Crippen LogP contribution in [0.1, 0.15) is 12.0 Å². The van der Waals surface area contributed by atoms with Crippen molar-refractivity contribution < 1.29 is 8.42 Å². The lowest BCUT2D eigenvalue weighted by Gasteiger charge is -2.11. The number of rotatable bonds is 3. The number of benzene rings is 1. The Balaban J connectivity index is 1.94. The fourth-order valence-corrected chi connectivity index (χ4v) is 4.21. The highest BCUT2D eigenvalue weighted by Crippen LogP contribution is 2.19. The molecule has 0 spiro atoms. The molecule has 0 bridgehead atoms. The summed E-state index contributed by atoms with van der Waals surface area (Å²) in [5, 5.41) is 4.39. The van der Waals surface area contributed by atoms with Crippen LogP contribution < -0.4 is 5.32 Å². The third-order valence-corrected chi connectivity index (χ3v) is 4.95. The predicted octanol–water partition coefficient (Wildman–Crippen LogP) is 2.27. The van der Waals surface area contributed by atoms with Gasteiger partial charge < -0.3 is 5.32 Å². The van der Waals surface area contributed by atoms with Crippen LogP contribution in [0.25, 0.3) is 0 Å². The van der Waals surface area contributed by atoms with Gasteiger partial charge in [-0.15, -0.1) is 0 Å². The molecule has 1 aromatic carbocycles. The van der Waals surface area contributed by atoms with Crippen molar-refractivity contribution in [3.63, 3.8) is 0 Å². The average molecular weight is 294 g/mol. The second kappa shape index (κ2) is 5.14. The second-order valence-corrected chi connectivity index (χ2v) is 7.36. The SMILES string of the molecule is O=S1(=O)CCC(NCc2cc(Cl)cc(Cl)c2)C1. The van der Waals surface area contributed by atoms with Gasteiger partial charge in [0.25, 0.3) is 0 Å². The Hall–Kier alpha value is -0.290. The highest BCUT2D eigenvalue weighted by molar-refractivity contribution is 7.91. The van der Waals surface area contributed by atoms with Gasteiger partial charge in [-0.2, -0.15) is 0 Å². The summed E-state index contributed by atoms with van der Waals surface area (Å²) in [6.07, 6.45) is 0.677. The topological polar surface area (TPSA) is 46.2 Å². The highest BCUT2D eigenvalue weighted by atomic mass is 35.5. The quantitative estimate of drug-likeness (QED) is 0.930. The van der Waals surface area contributed by atoms with Crippen molar-refractivity contribution in [2.45, 2.75) is 19.0 Å². The van der Waals surface area contributed by atoms with E-state index in [0.29, 0.717) is 23.0 Å². The van der Waals surface area contributed by atoms with Gasteiger partial charge in [-0.25, -0.2) is 8.42 Å². The van der Waals surface area contributed by atoms with Crippen LogP contribution >= 0.6 is 23.2 Å². The summed E-state index contributed by atoms with van der Waals surface area (Å²) in [6, 6.07) is 5.36. The molecule has 17 heavy (non-hydrogen) atoms. The first-order valence-electron chi connectivity index (χ1n) is 5.33. The van der Waals surface area contributed by atoms with E-state index in [0.717, 1.165) is 5.56 Å². The fraction of sp³-hybridized carbons (Fsp3) is 0.455. The zero-order chi connectivity index (χ0) is 12.5. The van der Waals surface area contributed by atoms with E-state index in [2.05, 4.69) is 5.32 Å². The molecule has 0 saturated carbocycles. The monoisotopic (exact) mass is 293 g/mol. The maximum Gasteiger partial charge on any atom is 0.151 e. The van der Waals surface area contributed by atoms with Crippen molar-refractivity contribution in [2.75, 3.05) is 11.5 Å². The van der Waals surface area contributed by atoms with E-state index in [9.17, 15) is 8.42 Å². The molecule has 1 saturated heterocycles. The number of nitrogens with one attached hydrogen (secondary N) is 1. The first-order valence-corrected chi connectivity index (χ1v) is 7.91. The Labute approximate surface area is 111 Å². The molecule has 1 N–H and O–H groups in total. The molecule has 0 amide bonds. The lowest BCUT2D eigenvalue weighted by atomic mass is 10.2. The van der Waals surface area contributed by atoms with Gasteiger partial charge in [0, 0.05) is 22.6 Å². The number of hydrogen-bond donors (Lipinski definition) is 1. The second-order valence-electron chi connectivity index (χ2n) is 4.26. The fourth-order valence-electron chi connectivity index (χ4n) is 1.93. The molecular weight excluding hydrogens is 281 g/mol. The molecule has 0 radical (unpaired) electrons. The van der Waals surface area contributed by atoms with Crippen LogP contribution in [-0.4, -0.2) is 26.0 Å². The molecule has 1 atom stereocenters. The highest BCUT2D eigenvalue weighted by Gasteiger charge is 2.27. The lowest BCUT2D eigenvalue weighted by Crippen LogP contribution is -2.29. The van der Waals surface area contributed by atoms with E-state index in [1.54, 1.807) is 6.07 Å². The van der Waals surface area contributed by atoms with Crippen molar-refractivity contribution in [2.24, 2.45) is 0 Å². The van der Waals surface area contributed by atoms with E-state index in [4.69, 9.17) is 23.2 Å². The van der Waals surface area contributed by atoms with E-state index in [1.165, 1.54) is 0 Å². The van der Waals surface area contributed by atoms with Crippen molar-refractivity contribution in [1.82, 2.24) is 5.32 Å². The van der Waals surface area contributed by atoms with Gasteiger partial charge in [0.05, 0.1) is 11.5 Å². The molecule has 1 aliphatic rings. The van der Waals surface area contributed by atoms with E-state index >= 15 is 0 Å². The molecule has 1 aromatic rings. The summed E-state index contributed by atoms with van der Waals surface area (Å²) in [5.41, 5.74) is 0.965. The summed E-state index contributed by atoms with van der Waals surface area (Å²) >= 11 is 11.8. The number of sulfone groups is 1. The molecule has 3 nitrogen and oxygen atoms in total. The van der Waals surface area contributed by atoms with Gasteiger partial charge in [0.15, 0.2) is 9.84 Å². The van der Waals surface area contributed by atoms with Crippen LogP contribution in [0.5, 0.6) is 0 Å². The summed E-state index contributed by atoms with van der Waals surface area (Å²) in [6.45, 7) is 0.584. The van der Waals surface area contributed by atoms with Crippen LogP contribution in [0.4, 0.5) is 0 Å². The normalized spacial score (nSPS) is 22.8. The predicted molar refractivity (Wildman–Crippen MR) is 70.4 cm³/mol. The van der Waals surface area contributed by atoms with Crippen molar-refractivity contribution in [1.29, 1.82) is 0 Å². The van der Waals surface area contributed by atoms with E-state index in [1.807, 2.05) is 12.1 Å². The van der Waals surface area contributed by atoms with Gasteiger partial charge >= 0.3 is 0 Å². The van der Waals surface area contributed by atoms with Crippen LogP contribution in [-0.2, 0) is 16.4 Å². The van der Waals surface area contributed by atoms with Crippen molar-refractivity contribution >= 4 is 33.0 Å². The van der Waals surface area contributed by atoms with Crippen LogP contribution in [0, 0.1) is 0 Å². The van der Waals surface area contributed by atoms with Gasteiger partial charge in [0.2, 0.25) is 0 Å². The Bertz CT molecular complexity index is 496. The maximum atomic E-state index is 11.3.